The van der Waals surface area contributed by atoms with Crippen LogP contribution in [0.2, 0.25) is 0 Å². The average Bonchev–Trinajstić information content (AvgIpc) is 2.67. The Hall–Kier alpha value is -2.40. The molecule has 0 aliphatic carbocycles. The van der Waals surface area contributed by atoms with Gasteiger partial charge in [0.15, 0.2) is 0 Å². The van der Waals surface area contributed by atoms with Gasteiger partial charge in [0, 0.05) is 32.2 Å². The minimum absolute atomic E-state index is 0.0416. The van der Waals surface area contributed by atoms with E-state index >= 15 is 0 Å². The molecular weight excluding hydrogens is 397 g/mol. The zero-order chi connectivity index (χ0) is 20.5. The number of halogens is 3. The van der Waals surface area contributed by atoms with Gasteiger partial charge in [-0.1, -0.05) is 12.1 Å². The number of hydrogen-bond donors (Lipinski definition) is 0. The van der Waals surface area contributed by atoms with Crippen LogP contribution in [0.3, 0.4) is 0 Å². The number of methoxy groups -OCH3 is 1. The molecule has 11 heteroatoms. The maximum atomic E-state index is 13.2. The fraction of sp³-hybridized carbons (Fsp3) is 0.412. The van der Waals surface area contributed by atoms with Gasteiger partial charge < -0.3 is 9.64 Å². The number of benzene rings is 1. The normalized spacial score (nSPS) is 16.2. The number of alkyl halides is 3. The van der Waals surface area contributed by atoms with Gasteiger partial charge >= 0.3 is 6.18 Å². The van der Waals surface area contributed by atoms with Crippen LogP contribution in [0.4, 0.5) is 19.0 Å². The third-order valence-corrected chi connectivity index (χ3v) is 6.34. The molecule has 0 saturated carbocycles. The number of aromatic nitrogens is 2. The van der Waals surface area contributed by atoms with Crippen LogP contribution in [-0.4, -0.2) is 56.0 Å². The standard InChI is InChI=1S/C17H19F3N4O3S/c1-12-21-15(11-16(22-12)27-2)23-7-9-24(10-8-23)28(25,26)14-6-4-3-5-13(14)17(18,19)20/h3-6,11H,7-10H2,1-2H3. The third kappa shape index (κ3) is 4.04. The third-order valence-electron chi connectivity index (χ3n) is 4.38. The fourth-order valence-corrected chi connectivity index (χ4v) is 4.65. The van der Waals surface area contributed by atoms with E-state index in [-0.39, 0.29) is 26.2 Å². The van der Waals surface area contributed by atoms with Crippen LogP contribution >= 0.6 is 0 Å². The number of nitrogens with zero attached hydrogens (tertiary/aromatic N) is 4. The summed E-state index contributed by atoms with van der Waals surface area (Å²) in [6.45, 7) is 2.36. The Morgan fingerprint density at radius 3 is 2.32 bits per heavy atom. The minimum atomic E-state index is -4.75. The number of hydrogen-bond acceptors (Lipinski definition) is 6. The van der Waals surface area contributed by atoms with Gasteiger partial charge in [-0.05, 0) is 19.1 Å². The van der Waals surface area contributed by atoms with Crippen molar-refractivity contribution in [1.82, 2.24) is 14.3 Å². The lowest BCUT2D eigenvalue weighted by Gasteiger charge is -2.35. The Morgan fingerprint density at radius 1 is 1.07 bits per heavy atom. The van der Waals surface area contributed by atoms with E-state index in [1.807, 2.05) is 4.90 Å². The Labute approximate surface area is 160 Å². The summed E-state index contributed by atoms with van der Waals surface area (Å²) in [5.41, 5.74) is -1.16. The van der Waals surface area contributed by atoms with Crippen molar-refractivity contribution in [2.75, 3.05) is 38.2 Å². The molecule has 0 atom stereocenters. The van der Waals surface area contributed by atoms with Gasteiger partial charge in [-0.2, -0.15) is 22.5 Å². The lowest BCUT2D eigenvalue weighted by Crippen LogP contribution is -2.49. The number of piperazine rings is 1. The zero-order valence-electron chi connectivity index (χ0n) is 15.3. The quantitative estimate of drug-likeness (QED) is 0.762. The van der Waals surface area contributed by atoms with Gasteiger partial charge in [0.2, 0.25) is 15.9 Å². The highest BCUT2D eigenvalue weighted by Gasteiger charge is 2.39. The molecule has 0 radical (unpaired) electrons. The summed E-state index contributed by atoms with van der Waals surface area (Å²) < 4.78 is 71.5. The number of rotatable bonds is 4. The predicted molar refractivity (Wildman–Crippen MR) is 95.7 cm³/mol. The summed E-state index contributed by atoms with van der Waals surface area (Å²) in [6.07, 6.45) is -4.75. The first-order valence-corrected chi connectivity index (χ1v) is 9.88. The molecule has 1 aliphatic heterocycles. The largest absolute Gasteiger partial charge is 0.481 e. The van der Waals surface area contributed by atoms with Crippen molar-refractivity contribution in [2.45, 2.75) is 18.0 Å². The van der Waals surface area contributed by atoms with Crippen molar-refractivity contribution >= 4 is 15.8 Å². The lowest BCUT2D eigenvalue weighted by molar-refractivity contribution is -0.139. The minimum Gasteiger partial charge on any atom is -0.481 e. The number of aryl methyl sites for hydroxylation is 1. The van der Waals surface area contributed by atoms with E-state index in [9.17, 15) is 21.6 Å². The van der Waals surface area contributed by atoms with Crippen LogP contribution in [0.15, 0.2) is 35.2 Å². The van der Waals surface area contributed by atoms with Crippen molar-refractivity contribution < 1.29 is 26.3 Å². The summed E-state index contributed by atoms with van der Waals surface area (Å²) in [7, 11) is -2.79. The molecule has 1 fully saturated rings. The predicted octanol–water partition coefficient (Wildman–Crippen LogP) is 2.32. The molecule has 1 saturated heterocycles. The van der Waals surface area contributed by atoms with E-state index in [1.165, 1.54) is 19.2 Å². The molecule has 28 heavy (non-hydrogen) atoms. The molecular formula is C17H19F3N4O3S. The summed E-state index contributed by atoms with van der Waals surface area (Å²) >= 11 is 0. The van der Waals surface area contributed by atoms with Crippen molar-refractivity contribution in [3.05, 3.63) is 41.7 Å². The summed E-state index contributed by atoms with van der Waals surface area (Å²) in [5, 5.41) is 0. The van der Waals surface area contributed by atoms with Gasteiger partial charge in [0.1, 0.15) is 11.6 Å². The topological polar surface area (TPSA) is 75.6 Å². The molecule has 0 bridgehead atoms. The molecule has 2 aromatic rings. The van der Waals surface area contributed by atoms with Crippen LogP contribution in [0.25, 0.3) is 0 Å². The molecule has 0 spiro atoms. The van der Waals surface area contributed by atoms with Crippen molar-refractivity contribution in [1.29, 1.82) is 0 Å². The molecule has 3 rings (SSSR count). The Kier molecular flexibility index (Phi) is 5.48. The molecule has 1 aromatic heterocycles. The van der Waals surface area contributed by atoms with Gasteiger partial charge in [-0.25, -0.2) is 13.4 Å². The highest BCUT2D eigenvalue weighted by Crippen LogP contribution is 2.35. The molecule has 152 valence electrons. The molecule has 1 aliphatic rings. The van der Waals surface area contributed by atoms with Crippen LogP contribution in [0.5, 0.6) is 5.88 Å². The number of sulfonamides is 1. The van der Waals surface area contributed by atoms with Crippen LogP contribution in [-0.2, 0) is 16.2 Å². The van der Waals surface area contributed by atoms with Gasteiger partial charge in [-0.15, -0.1) is 0 Å². The van der Waals surface area contributed by atoms with Crippen molar-refractivity contribution in [3.8, 4) is 5.88 Å². The number of ether oxygens (including phenoxy) is 1. The van der Waals surface area contributed by atoms with E-state index < -0.39 is 26.7 Å². The fourth-order valence-electron chi connectivity index (χ4n) is 3.01. The smallest absolute Gasteiger partial charge is 0.417 e. The van der Waals surface area contributed by atoms with Gasteiger partial charge in [0.05, 0.1) is 17.6 Å². The molecule has 0 amide bonds. The van der Waals surface area contributed by atoms with Crippen molar-refractivity contribution in [2.24, 2.45) is 0 Å². The highest BCUT2D eigenvalue weighted by molar-refractivity contribution is 7.89. The van der Waals surface area contributed by atoms with Crippen LogP contribution in [0, 0.1) is 6.92 Å². The first-order chi connectivity index (χ1) is 13.1. The second kappa shape index (κ2) is 7.55. The van der Waals surface area contributed by atoms with E-state index in [0.29, 0.717) is 17.5 Å². The molecule has 7 nitrogen and oxygen atoms in total. The summed E-state index contributed by atoms with van der Waals surface area (Å²) in [6, 6.07) is 5.86. The Bertz CT molecular complexity index is 958. The Morgan fingerprint density at radius 2 is 1.71 bits per heavy atom. The second-order valence-electron chi connectivity index (χ2n) is 6.20. The molecule has 2 heterocycles. The van der Waals surface area contributed by atoms with E-state index in [4.69, 9.17) is 4.74 Å². The number of anilines is 1. The van der Waals surface area contributed by atoms with Gasteiger partial charge in [-0.3, -0.25) is 0 Å². The van der Waals surface area contributed by atoms with Crippen molar-refractivity contribution in [3.63, 3.8) is 0 Å². The van der Waals surface area contributed by atoms with Crippen LogP contribution < -0.4 is 9.64 Å². The van der Waals surface area contributed by atoms with Gasteiger partial charge in [0.25, 0.3) is 0 Å². The second-order valence-corrected chi connectivity index (χ2v) is 8.11. The Balaban J connectivity index is 1.81. The van der Waals surface area contributed by atoms with Crippen LogP contribution in [0.1, 0.15) is 11.4 Å². The lowest BCUT2D eigenvalue weighted by atomic mass is 10.2. The molecule has 0 N–H and O–H groups in total. The van der Waals surface area contributed by atoms with E-state index in [0.717, 1.165) is 16.4 Å². The first kappa shape index (κ1) is 20.3. The first-order valence-electron chi connectivity index (χ1n) is 8.44. The maximum absolute atomic E-state index is 13.2. The van der Waals surface area contributed by atoms with E-state index in [2.05, 4.69) is 9.97 Å². The van der Waals surface area contributed by atoms with E-state index in [1.54, 1.807) is 13.0 Å². The molecule has 0 unspecified atom stereocenters. The summed E-state index contributed by atoms with van der Waals surface area (Å²) in [4.78, 5) is 9.54. The average molecular weight is 416 g/mol. The SMILES string of the molecule is COc1cc(N2CCN(S(=O)(=O)c3ccccc3C(F)(F)F)CC2)nc(C)n1. The maximum Gasteiger partial charge on any atom is 0.417 e. The zero-order valence-corrected chi connectivity index (χ0v) is 16.1. The monoisotopic (exact) mass is 416 g/mol. The summed E-state index contributed by atoms with van der Waals surface area (Å²) in [5.74, 6) is 1.47. The molecule has 1 aromatic carbocycles. The highest BCUT2D eigenvalue weighted by atomic mass is 32.2.